The Labute approximate surface area is 130 Å². The van der Waals surface area contributed by atoms with Gasteiger partial charge in [-0.3, -0.25) is 4.90 Å². The normalized spacial score (nSPS) is 18.2. The van der Waals surface area contributed by atoms with E-state index in [1.54, 1.807) is 32.9 Å². The van der Waals surface area contributed by atoms with Crippen molar-refractivity contribution in [2.75, 3.05) is 13.4 Å². The standard InChI is InChI=1S/C15H21NO5S/c1-15(2,3)21-14(17)16-9-10-8-11(22(5,18)19)6-7-12(10)13(16)20-4/h6-8,13H,9H2,1-5H3. The maximum Gasteiger partial charge on any atom is 0.412 e. The molecule has 1 aromatic rings. The smallest absolute Gasteiger partial charge is 0.412 e. The Bertz CT molecular complexity index is 690. The van der Waals surface area contributed by atoms with Crippen LogP contribution in [0.1, 0.15) is 38.1 Å². The Balaban J connectivity index is 2.33. The highest BCUT2D eigenvalue weighted by atomic mass is 32.2. The second-order valence-corrected chi connectivity index (χ2v) is 8.34. The molecule has 7 heteroatoms. The molecule has 2 rings (SSSR count). The van der Waals surface area contributed by atoms with Crippen molar-refractivity contribution in [3.8, 4) is 0 Å². The Morgan fingerprint density at radius 1 is 1.32 bits per heavy atom. The molecule has 1 amide bonds. The summed E-state index contributed by atoms with van der Waals surface area (Å²) in [6.45, 7) is 5.62. The van der Waals surface area contributed by atoms with Crippen LogP contribution in [-0.4, -0.2) is 38.4 Å². The zero-order valence-electron chi connectivity index (χ0n) is 13.4. The second kappa shape index (κ2) is 5.55. The summed E-state index contributed by atoms with van der Waals surface area (Å²) in [7, 11) is -1.79. The molecule has 0 fully saturated rings. The third-order valence-corrected chi connectivity index (χ3v) is 4.39. The predicted octanol–water partition coefficient (Wildman–Crippen LogP) is 2.49. The molecule has 0 aromatic heterocycles. The van der Waals surface area contributed by atoms with Crippen molar-refractivity contribution in [1.29, 1.82) is 0 Å². The van der Waals surface area contributed by atoms with Crippen LogP contribution in [-0.2, 0) is 25.9 Å². The topological polar surface area (TPSA) is 72.9 Å². The minimum atomic E-state index is -3.29. The fourth-order valence-corrected chi connectivity index (χ4v) is 3.03. The summed E-state index contributed by atoms with van der Waals surface area (Å²) in [6.07, 6.45) is 0.0956. The highest BCUT2D eigenvalue weighted by molar-refractivity contribution is 7.90. The summed E-state index contributed by atoms with van der Waals surface area (Å²) in [5, 5.41) is 0. The fourth-order valence-electron chi connectivity index (χ4n) is 2.36. The quantitative estimate of drug-likeness (QED) is 0.834. The Kier molecular flexibility index (Phi) is 4.23. The van der Waals surface area contributed by atoms with Crippen LogP contribution >= 0.6 is 0 Å². The summed E-state index contributed by atoms with van der Waals surface area (Å²) >= 11 is 0. The van der Waals surface area contributed by atoms with Crippen LogP contribution in [0.4, 0.5) is 4.79 Å². The molecule has 22 heavy (non-hydrogen) atoms. The number of hydrogen-bond donors (Lipinski definition) is 0. The molecule has 0 spiro atoms. The fraction of sp³-hybridized carbons (Fsp3) is 0.533. The zero-order valence-corrected chi connectivity index (χ0v) is 14.2. The molecule has 1 aromatic carbocycles. The van der Waals surface area contributed by atoms with Gasteiger partial charge in [-0.2, -0.15) is 0 Å². The number of nitrogens with zero attached hydrogens (tertiary/aromatic N) is 1. The van der Waals surface area contributed by atoms with Crippen LogP contribution < -0.4 is 0 Å². The van der Waals surface area contributed by atoms with Crippen LogP contribution in [0.15, 0.2) is 23.1 Å². The predicted molar refractivity (Wildman–Crippen MR) is 81.1 cm³/mol. The van der Waals surface area contributed by atoms with Gasteiger partial charge in [-0.1, -0.05) is 6.07 Å². The molecule has 0 bridgehead atoms. The lowest BCUT2D eigenvalue weighted by Crippen LogP contribution is -2.36. The van der Waals surface area contributed by atoms with E-state index in [0.29, 0.717) is 0 Å². The molecule has 0 aliphatic carbocycles. The minimum Gasteiger partial charge on any atom is -0.444 e. The van der Waals surface area contributed by atoms with Gasteiger partial charge in [0.2, 0.25) is 0 Å². The number of methoxy groups -OCH3 is 1. The third kappa shape index (κ3) is 3.41. The SMILES string of the molecule is COC1c2ccc(S(C)(=O)=O)cc2CN1C(=O)OC(C)(C)C. The number of benzene rings is 1. The molecule has 0 saturated heterocycles. The average molecular weight is 327 g/mol. The molecular formula is C15H21NO5S. The first-order valence-corrected chi connectivity index (χ1v) is 8.77. The maximum atomic E-state index is 12.3. The number of carbonyl (C=O) groups is 1. The highest BCUT2D eigenvalue weighted by Crippen LogP contribution is 2.36. The molecule has 0 radical (unpaired) electrons. The van der Waals surface area contributed by atoms with Gasteiger partial charge in [-0.15, -0.1) is 0 Å². The number of sulfone groups is 1. The summed E-state index contributed by atoms with van der Waals surface area (Å²) in [4.78, 5) is 14.0. The van der Waals surface area contributed by atoms with E-state index in [1.165, 1.54) is 18.1 Å². The monoisotopic (exact) mass is 327 g/mol. The number of carbonyl (C=O) groups excluding carboxylic acids is 1. The Hall–Kier alpha value is -1.60. The second-order valence-electron chi connectivity index (χ2n) is 6.33. The lowest BCUT2D eigenvalue weighted by molar-refractivity contribution is -0.0448. The van der Waals surface area contributed by atoms with Gasteiger partial charge in [0.05, 0.1) is 11.4 Å². The molecule has 1 heterocycles. The number of hydrogen-bond acceptors (Lipinski definition) is 5. The van der Waals surface area contributed by atoms with Gasteiger partial charge < -0.3 is 9.47 Å². The zero-order chi connectivity index (χ0) is 16.7. The highest BCUT2D eigenvalue weighted by Gasteiger charge is 2.36. The first-order chi connectivity index (χ1) is 10.0. The Morgan fingerprint density at radius 2 is 1.95 bits per heavy atom. The number of fused-ring (bicyclic) bond motifs is 1. The molecule has 1 atom stereocenters. The summed E-state index contributed by atoms with van der Waals surface area (Å²) in [5.41, 5.74) is 0.920. The van der Waals surface area contributed by atoms with Crippen LogP contribution in [0.2, 0.25) is 0 Å². The van der Waals surface area contributed by atoms with Crippen LogP contribution in [0.3, 0.4) is 0 Å². The van der Waals surface area contributed by atoms with E-state index in [4.69, 9.17) is 9.47 Å². The largest absolute Gasteiger partial charge is 0.444 e. The van der Waals surface area contributed by atoms with E-state index in [1.807, 2.05) is 0 Å². The number of amides is 1. The van der Waals surface area contributed by atoms with E-state index in [9.17, 15) is 13.2 Å². The van der Waals surface area contributed by atoms with Gasteiger partial charge in [-0.25, -0.2) is 13.2 Å². The lowest BCUT2D eigenvalue weighted by Gasteiger charge is -2.27. The van der Waals surface area contributed by atoms with Gasteiger partial charge in [0.25, 0.3) is 0 Å². The first-order valence-electron chi connectivity index (χ1n) is 6.88. The van der Waals surface area contributed by atoms with Gasteiger partial charge >= 0.3 is 6.09 Å². The number of rotatable bonds is 2. The van der Waals surface area contributed by atoms with Crippen LogP contribution in [0.5, 0.6) is 0 Å². The van der Waals surface area contributed by atoms with Crippen LogP contribution in [0, 0.1) is 0 Å². The summed E-state index contributed by atoms with van der Waals surface area (Å²) < 4.78 is 34.1. The van der Waals surface area contributed by atoms with E-state index in [-0.39, 0.29) is 11.4 Å². The van der Waals surface area contributed by atoms with Gasteiger partial charge in [0.1, 0.15) is 5.60 Å². The van der Waals surface area contributed by atoms with Crippen molar-refractivity contribution in [2.24, 2.45) is 0 Å². The van der Waals surface area contributed by atoms with E-state index in [2.05, 4.69) is 0 Å². The number of ether oxygens (including phenoxy) is 2. The van der Waals surface area contributed by atoms with Crippen molar-refractivity contribution in [3.63, 3.8) is 0 Å². The lowest BCUT2D eigenvalue weighted by atomic mass is 10.1. The summed E-state index contributed by atoms with van der Waals surface area (Å²) in [5.74, 6) is 0. The molecule has 1 aliphatic heterocycles. The minimum absolute atomic E-state index is 0.229. The first kappa shape index (κ1) is 16.8. The van der Waals surface area contributed by atoms with Gasteiger partial charge in [-0.05, 0) is 38.5 Å². The molecule has 0 saturated carbocycles. The van der Waals surface area contributed by atoms with Crippen molar-refractivity contribution in [1.82, 2.24) is 4.90 Å². The van der Waals surface area contributed by atoms with Crippen molar-refractivity contribution < 1.29 is 22.7 Å². The van der Waals surface area contributed by atoms with E-state index < -0.39 is 27.8 Å². The molecule has 1 unspecified atom stereocenters. The summed E-state index contributed by atoms with van der Waals surface area (Å²) in [6, 6.07) is 4.80. The molecule has 1 aliphatic rings. The Morgan fingerprint density at radius 3 is 2.45 bits per heavy atom. The maximum absolute atomic E-state index is 12.3. The average Bonchev–Trinajstić information content (AvgIpc) is 2.73. The molecule has 6 nitrogen and oxygen atoms in total. The van der Waals surface area contributed by atoms with Crippen molar-refractivity contribution >= 4 is 15.9 Å². The molecular weight excluding hydrogens is 306 g/mol. The van der Waals surface area contributed by atoms with E-state index in [0.717, 1.165) is 17.4 Å². The van der Waals surface area contributed by atoms with E-state index >= 15 is 0 Å². The van der Waals surface area contributed by atoms with Crippen molar-refractivity contribution in [2.45, 2.75) is 44.0 Å². The molecule has 0 N–H and O–H groups in total. The van der Waals surface area contributed by atoms with Gasteiger partial charge in [0, 0.05) is 18.9 Å². The van der Waals surface area contributed by atoms with Gasteiger partial charge in [0.15, 0.2) is 16.1 Å². The third-order valence-electron chi connectivity index (χ3n) is 3.28. The molecule has 122 valence electrons. The van der Waals surface area contributed by atoms with Crippen LogP contribution in [0.25, 0.3) is 0 Å². The van der Waals surface area contributed by atoms with Crippen molar-refractivity contribution in [3.05, 3.63) is 29.3 Å².